The van der Waals surface area contributed by atoms with Gasteiger partial charge in [0.15, 0.2) is 0 Å². The van der Waals surface area contributed by atoms with Crippen LogP contribution in [0.1, 0.15) is 53.9 Å². The third kappa shape index (κ3) is 11.7. The molecule has 0 fully saturated rings. The predicted molar refractivity (Wildman–Crippen MR) is 217 cm³/mol. The summed E-state index contributed by atoms with van der Waals surface area (Å²) >= 11 is 0. The van der Waals surface area contributed by atoms with E-state index in [0.29, 0.717) is 19.3 Å². The molecule has 1 aliphatic rings. The zero-order valence-electron chi connectivity index (χ0n) is 31.6. The molecule has 5 rings (SSSR count). The zero-order chi connectivity index (χ0) is 39.7. The SMILES string of the molecule is C=CCC[C@H](NC(=O)OCC1c2ccccc2-c2ccccc21)C(=O)OC[C@@H](Cc1ccccc1)NC(=O)[C@H](CC=C)CC(=O)N[C@H](CO)Cc1ccccc1. The lowest BCUT2D eigenvalue weighted by molar-refractivity contribution is -0.147. The van der Waals surface area contributed by atoms with Gasteiger partial charge in [0.05, 0.1) is 24.6 Å². The third-order valence-corrected chi connectivity index (χ3v) is 9.84. The molecule has 1 aliphatic carbocycles. The highest BCUT2D eigenvalue weighted by molar-refractivity contribution is 5.86. The van der Waals surface area contributed by atoms with Crippen molar-refractivity contribution in [2.45, 2.75) is 62.6 Å². The molecule has 56 heavy (non-hydrogen) atoms. The molecule has 0 bridgehead atoms. The van der Waals surface area contributed by atoms with Crippen molar-refractivity contribution < 1.29 is 33.8 Å². The van der Waals surface area contributed by atoms with Crippen LogP contribution in [0.3, 0.4) is 0 Å². The number of benzene rings is 4. The number of esters is 1. The molecule has 4 N–H and O–H groups in total. The first-order valence-corrected chi connectivity index (χ1v) is 19.1. The van der Waals surface area contributed by atoms with Crippen molar-refractivity contribution in [3.63, 3.8) is 0 Å². The van der Waals surface area contributed by atoms with Gasteiger partial charge >= 0.3 is 12.1 Å². The number of aliphatic hydroxyl groups excluding tert-OH is 1. The molecular formula is C46H51N3O7. The fraction of sp³-hybridized carbons (Fsp3) is 0.304. The molecule has 0 spiro atoms. The number of hydrogen-bond acceptors (Lipinski definition) is 7. The predicted octanol–water partition coefficient (Wildman–Crippen LogP) is 6.43. The average Bonchev–Trinajstić information content (AvgIpc) is 3.54. The van der Waals surface area contributed by atoms with Crippen LogP contribution in [0, 0.1) is 5.92 Å². The van der Waals surface area contributed by atoms with Crippen molar-refractivity contribution in [3.05, 3.63) is 157 Å². The van der Waals surface area contributed by atoms with Gasteiger partial charge < -0.3 is 30.5 Å². The maximum atomic E-state index is 13.7. The molecule has 0 saturated carbocycles. The Balaban J connectivity index is 1.20. The summed E-state index contributed by atoms with van der Waals surface area (Å²) in [6.07, 6.45) is 4.03. The standard InChI is InChI=1S/C46H51N3O7/c1-3-5-25-42(49-46(54)56-31-41-39-23-14-12-21-37(39)38-22-13-15-24-40(38)41)45(53)55-30-36(27-33-19-10-7-11-20-33)48-44(52)34(16-4-2)28-43(51)47-35(29-50)26-32-17-8-6-9-18-32/h3-4,6-15,17-24,34-36,41-42,50H,1-2,5,16,25-31H2,(H,47,51)(H,48,52)(H,49,54)/t34-,35+,36-,42+/m1/s1. The van der Waals surface area contributed by atoms with Gasteiger partial charge in [0.2, 0.25) is 11.8 Å². The molecule has 0 heterocycles. The van der Waals surface area contributed by atoms with Crippen LogP contribution in [0.25, 0.3) is 11.1 Å². The first kappa shape index (κ1) is 41.2. The number of fused-ring (bicyclic) bond motifs is 3. The molecule has 10 nitrogen and oxygen atoms in total. The number of amides is 3. The van der Waals surface area contributed by atoms with Crippen LogP contribution in [0.15, 0.2) is 135 Å². The van der Waals surface area contributed by atoms with Crippen LogP contribution < -0.4 is 16.0 Å². The lowest BCUT2D eigenvalue weighted by atomic mass is 9.98. The number of ether oxygens (including phenoxy) is 2. The summed E-state index contributed by atoms with van der Waals surface area (Å²) in [7, 11) is 0. The molecule has 3 amide bonds. The van der Waals surface area contributed by atoms with Gasteiger partial charge in [0.1, 0.15) is 19.3 Å². The molecule has 4 atom stereocenters. The van der Waals surface area contributed by atoms with E-state index in [1.807, 2.05) is 97.1 Å². The topological polar surface area (TPSA) is 143 Å². The Morgan fingerprint density at radius 2 is 1.27 bits per heavy atom. The molecule has 0 aliphatic heterocycles. The van der Waals surface area contributed by atoms with Crippen molar-refractivity contribution in [1.82, 2.24) is 16.0 Å². The quantitative estimate of drug-likeness (QED) is 0.0567. The van der Waals surface area contributed by atoms with Crippen LogP contribution in [-0.4, -0.2) is 66.9 Å². The summed E-state index contributed by atoms with van der Waals surface area (Å²) < 4.78 is 11.5. The van der Waals surface area contributed by atoms with Crippen molar-refractivity contribution >= 4 is 23.9 Å². The summed E-state index contributed by atoms with van der Waals surface area (Å²) in [5, 5.41) is 18.4. The van der Waals surface area contributed by atoms with Crippen LogP contribution in [0.2, 0.25) is 0 Å². The van der Waals surface area contributed by atoms with E-state index in [9.17, 15) is 24.3 Å². The lowest BCUT2D eigenvalue weighted by Gasteiger charge is -2.24. The molecule has 4 aromatic carbocycles. The number of nitrogens with one attached hydrogen (secondary N) is 3. The van der Waals surface area contributed by atoms with E-state index >= 15 is 0 Å². The highest BCUT2D eigenvalue weighted by atomic mass is 16.6. The molecule has 0 radical (unpaired) electrons. The number of allylic oxidation sites excluding steroid dienone is 2. The average molecular weight is 758 g/mol. The van der Waals surface area contributed by atoms with E-state index in [1.165, 1.54) is 0 Å². The molecule has 0 unspecified atom stereocenters. The molecule has 292 valence electrons. The number of carbonyl (C=O) groups excluding carboxylic acids is 4. The third-order valence-electron chi connectivity index (χ3n) is 9.84. The van der Waals surface area contributed by atoms with Crippen molar-refractivity contribution in [2.75, 3.05) is 19.8 Å². The summed E-state index contributed by atoms with van der Waals surface area (Å²) in [5.41, 5.74) is 6.22. The normalized spacial score (nSPS) is 13.8. The van der Waals surface area contributed by atoms with Gasteiger partial charge in [-0.3, -0.25) is 9.59 Å². The molecule has 10 heteroatoms. The Morgan fingerprint density at radius 1 is 0.696 bits per heavy atom. The maximum absolute atomic E-state index is 13.7. The van der Waals surface area contributed by atoms with Crippen LogP contribution >= 0.6 is 0 Å². The smallest absolute Gasteiger partial charge is 0.407 e. The number of alkyl carbamates (subject to hydrolysis) is 1. The zero-order valence-corrected chi connectivity index (χ0v) is 31.6. The van der Waals surface area contributed by atoms with Gasteiger partial charge in [-0.05, 0) is 65.5 Å². The van der Waals surface area contributed by atoms with Crippen molar-refractivity contribution in [2.24, 2.45) is 5.92 Å². The van der Waals surface area contributed by atoms with E-state index in [2.05, 4.69) is 41.2 Å². The van der Waals surface area contributed by atoms with Gasteiger partial charge in [0, 0.05) is 12.3 Å². The Hall–Kier alpha value is -6.00. The Kier molecular flexibility index (Phi) is 15.6. The Morgan fingerprint density at radius 3 is 1.84 bits per heavy atom. The van der Waals surface area contributed by atoms with Gasteiger partial charge in [-0.15, -0.1) is 13.2 Å². The minimum atomic E-state index is -1.02. The molecule has 0 aromatic heterocycles. The lowest BCUT2D eigenvalue weighted by Crippen LogP contribution is -2.47. The highest BCUT2D eigenvalue weighted by Crippen LogP contribution is 2.44. The fourth-order valence-electron chi connectivity index (χ4n) is 7.02. The van der Waals surface area contributed by atoms with Crippen LogP contribution in [0.4, 0.5) is 4.79 Å². The number of carbonyl (C=O) groups is 4. The number of hydrogen-bond donors (Lipinski definition) is 4. The summed E-state index contributed by atoms with van der Waals surface area (Å²) in [4.78, 5) is 53.5. The number of aliphatic hydroxyl groups is 1. The second-order valence-electron chi connectivity index (χ2n) is 14.0. The second kappa shape index (κ2) is 21.2. The number of rotatable bonds is 21. The van der Waals surface area contributed by atoms with Crippen LogP contribution in [-0.2, 0) is 36.7 Å². The first-order chi connectivity index (χ1) is 27.3. The van der Waals surface area contributed by atoms with Gasteiger partial charge in [-0.25, -0.2) is 9.59 Å². The minimum absolute atomic E-state index is 0.0891. The second-order valence-corrected chi connectivity index (χ2v) is 14.0. The first-order valence-electron chi connectivity index (χ1n) is 19.1. The van der Waals surface area contributed by atoms with E-state index in [4.69, 9.17) is 9.47 Å². The molecular weight excluding hydrogens is 707 g/mol. The summed E-state index contributed by atoms with van der Waals surface area (Å²) in [5.74, 6) is -2.36. The van der Waals surface area contributed by atoms with Crippen molar-refractivity contribution in [1.29, 1.82) is 0 Å². The van der Waals surface area contributed by atoms with Crippen LogP contribution in [0.5, 0.6) is 0 Å². The summed E-state index contributed by atoms with van der Waals surface area (Å²) in [6, 6.07) is 32.8. The highest BCUT2D eigenvalue weighted by Gasteiger charge is 2.31. The van der Waals surface area contributed by atoms with Gasteiger partial charge in [0.25, 0.3) is 0 Å². The van der Waals surface area contributed by atoms with E-state index in [0.717, 1.165) is 33.4 Å². The monoisotopic (exact) mass is 757 g/mol. The van der Waals surface area contributed by atoms with E-state index < -0.39 is 42.0 Å². The maximum Gasteiger partial charge on any atom is 0.407 e. The van der Waals surface area contributed by atoms with Gasteiger partial charge in [-0.1, -0.05) is 121 Å². The Labute approximate surface area is 329 Å². The fourth-order valence-corrected chi connectivity index (χ4v) is 7.02. The largest absolute Gasteiger partial charge is 0.462 e. The summed E-state index contributed by atoms with van der Waals surface area (Å²) in [6.45, 7) is 7.18. The molecule has 4 aromatic rings. The van der Waals surface area contributed by atoms with Gasteiger partial charge in [-0.2, -0.15) is 0 Å². The van der Waals surface area contributed by atoms with E-state index in [-0.39, 0.29) is 50.9 Å². The molecule has 0 saturated heterocycles. The Bertz CT molecular complexity index is 1890. The minimum Gasteiger partial charge on any atom is -0.462 e. The van der Waals surface area contributed by atoms with E-state index in [1.54, 1.807) is 12.2 Å². The van der Waals surface area contributed by atoms with Crippen molar-refractivity contribution in [3.8, 4) is 11.1 Å².